The first-order valence-corrected chi connectivity index (χ1v) is 14.3. The number of nitrogens with zero attached hydrogens (tertiary/aromatic N) is 1. The molecule has 2 unspecified atom stereocenters. The molecule has 9 nitrogen and oxygen atoms in total. The molecule has 2 saturated heterocycles. The van der Waals surface area contributed by atoms with E-state index in [1.54, 1.807) is 12.1 Å². The van der Waals surface area contributed by atoms with Gasteiger partial charge in [-0.15, -0.1) is 13.2 Å². The Morgan fingerprint density at radius 2 is 1.83 bits per heavy atom. The molecule has 1 aromatic carbocycles. The molecule has 2 aliphatic heterocycles. The summed E-state index contributed by atoms with van der Waals surface area (Å²) in [6.45, 7) is 15.9. The van der Waals surface area contributed by atoms with Gasteiger partial charge in [0, 0.05) is 12.8 Å². The van der Waals surface area contributed by atoms with Gasteiger partial charge >= 0.3 is 5.97 Å². The van der Waals surface area contributed by atoms with Crippen LogP contribution < -0.4 is 5.84 Å². The number of allylic oxidation sites excluding steroid dienone is 1. The van der Waals surface area contributed by atoms with Gasteiger partial charge < -0.3 is 24.4 Å². The molecule has 4 N–H and O–H groups in total. The number of rotatable bonds is 10. The molecule has 2 aliphatic rings. The van der Waals surface area contributed by atoms with Gasteiger partial charge in [0.05, 0.1) is 37.9 Å². The second-order valence-corrected chi connectivity index (χ2v) is 9.39. The number of carbonyl (C=O) groups is 2. The van der Waals surface area contributed by atoms with Crippen LogP contribution in [-0.4, -0.2) is 64.9 Å². The zero-order chi connectivity index (χ0) is 31.5. The van der Waals surface area contributed by atoms with E-state index in [2.05, 4.69) is 24.0 Å². The Morgan fingerprint density at radius 3 is 2.32 bits per heavy atom. The Bertz CT molecular complexity index is 912. The summed E-state index contributed by atoms with van der Waals surface area (Å²) in [6.07, 6.45) is 3.54. The lowest BCUT2D eigenvalue weighted by Crippen LogP contribution is -2.57. The SMILES string of the molecule is C=C.CC.CCC(CC/C=C(\C)[C@@H]1CC(=O)N1N)OC1C[C@@H](O)C[C@@H](C(=O)OC)O1.CC[C@H](O)c1ccc(F)cc1. The van der Waals surface area contributed by atoms with Crippen molar-refractivity contribution in [2.24, 2.45) is 5.84 Å². The minimum atomic E-state index is -0.792. The summed E-state index contributed by atoms with van der Waals surface area (Å²) in [5.74, 6) is 4.85. The number of aliphatic hydroxyl groups is 2. The summed E-state index contributed by atoms with van der Waals surface area (Å²) < 4.78 is 28.6. The Kier molecular flexibility index (Phi) is 19.8. The smallest absolute Gasteiger partial charge is 0.335 e. The number of halogens is 1. The number of aliphatic hydroxyl groups excluding tert-OH is 2. The van der Waals surface area contributed by atoms with Crippen molar-refractivity contribution in [2.45, 2.75) is 116 Å². The highest BCUT2D eigenvalue weighted by Gasteiger charge is 2.36. The average Bonchev–Trinajstić information content (AvgIpc) is 3.00. The normalized spacial score (nSPS) is 23.2. The molecule has 0 spiro atoms. The third kappa shape index (κ3) is 13.3. The highest BCUT2D eigenvalue weighted by molar-refractivity contribution is 5.83. The van der Waals surface area contributed by atoms with E-state index >= 15 is 0 Å². The number of nitrogens with two attached hydrogens (primary N) is 1. The van der Waals surface area contributed by atoms with Crippen LogP contribution in [0, 0.1) is 5.82 Å². The molecule has 0 saturated carbocycles. The van der Waals surface area contributed by atoms with Crippen LogP contribution in [0.25, 0.3) is 0 Å². The van der Waals surface area contributed by atoms with Crippen molar-refractivity contribution in [3.63, 3.8) is 0 Å². The number of esters is 1. The maximum atomic E-state index is 12.4. The largest absolute Gasteiger partial charge is 0.467 e. The quantitative estimate of drug-likeness (QED) is 0.114. The van der Waals surface area contributed by atoms with Gasteiger partial charge in [0.15, 0.2) is 12.4 Å². The van der Waals surface area contributed by atoms with Crippen LogP contribution in [-0.2, 0) is 23.8 Å². The second kappa shape index (κ2) is 21.1. The van der Waals surface area contributed by atoms with Crippen molar-refractivity contribution in [2.75, 3.05) is 7.11 Å². The Morgan fingerprint density at radius 1 is 1.22 bits per heavy atom. The number of hydrogen-bond donors (Lipinski definition) is 3. The third-order valence-electron chi connectivity index (χ3n) is 6.64. The van der Waals surface area contributed by atoms with Crippen LogP contribution in [0.3, 0.4) is 0 Å². The van der Waals surface area contributed by atoms with E-state index in [0.717, 1.165) is 30.4 Å². The van der Waals surface area contributed by atoms with Crippen molar-refractivity contribution < 1.29 is 38.4 Å². The van der Waals surface area contributed by atoms with E-state index in [9.17, 15) is 24.2 Å². The predicted octanol–water partition coefficient (Wildman–Crippen LogP) is 5.12. The summed E-state index contributed by atoms with van der Waals surface area (Å²) in [5, 5.41) is 20.5. The standard InChI is InChI=1S/C18H30N2O6.C9H11FO.C2H6.C2H4/c1-4-13(7-5-6-11(2)14-10-16(22)20(14)19)25-17-9-12(21)8-15(26-17)18(23)24-3;1-2-9(11)7-3-5-8(10)6-4-7;2*1-2/h6,12-15,17,21H,4-5,7-10,19H2,1-3H3;3-6,9,11H,2H2,1H3;1-2H3;1-2H2/b11-6+;;;/t12-,13?,14-,15-,17?;9-;;/m00../s1. The Balaban J connectivity index is 0.000000887. The van der Waals surface area contributed by atoms with Crippen molar-refractivity contribution in [3.8, 4) is 0 Å². The van der Waals surface area contributed by atoms with Crippen molar-refractivity contribution in [1.82, 2.24) is 5.01 Å². The van der Waals surface area contributed by atoms with Gasteiger partial charge in [0.1, 0.15) is 5.82 Å². The summed E-state index contributed by atoms with van der Waals surface area (Å²) in [6, 6.07) is 5.91. The van der Waals surface area contributed by atoms with Gasteiger partial charge in [-0.3, -0.25) is 9.80 Å². The van der Waals surface area contributed by atoms with Gasteiger partial charge in [-0.1, -0.05) is 51.5 Å². The predicted molar refractivity (Wildman–Crippen MR) is 158 cm³/mol. The van der Waals surface area contributed by atoms with Crippen molar-refractivity contribution >= 4 is 11.9 Å². The van der Waals surface area contributed by atoms with Gasteiger partial charge in [-0.25, -0.2) is 15.0 Å². The zero-order valence-electron chi connectivity index (χ0n) is 25.6. The summed E-state index contributed by atoms with van der Waals surface area (Å²) in [5.41, 5.74) is 1.85. The van der Waals surface area contributed by atoms with Crippen molar-refractivity contribution in [1.29, 1.82) is 0 Å². The number of amides is 1. The first-order valence-electron chi connectivity index (χ1n) is 14.3. The van der Waals surface area contributed by atoms with Crippen LogP contribution in [0.2, 0.25) is 0 Å². The molecule has 0 bridgehead atoms. The highest BCUT2D eigenvalue weighted by atomic mass is 19.1. The fourth-order valence-corrected chi connectivity index (χ4v) is 4.18. The second-order valence-electron chi connectivity index (χ2n) is 9.39. The molecule has 6 atom stereocenters. The molecule has 234 valence electrons. The fraction of sp³-hybridized carbons (Fsp3) is 0.613. The summed E-state index contributed by atoms with van der Waals surface area (Å²) >= 11 is 0. The molecule has 41 heavy (non-hydrogen) atoms. The van der Waals surface area contributed by atoms with Crippen LogP contribution in [0.5, 0.6) is 0 Å². The number of benzene rings is 1. The van der Waals surface area contributed by atoms with Crippen LogP contribution in [0.1, 0.15) is 91.2 Å². The van der Waals surface area contributed by atoms with E-state index in [0.29, 0.717) is 19.3 Å². The Hall–Kier alpha value is -2.63. The van der Waals surface area contributed by atoms with Gasteiger partial charge in [0.2, 0.25) is 5.91 Å². The lowest BCUT2D eigenvalue weighted by molar-refractivity contribution is -0.238. The monoisotopic (exact) mass is 582 g/mol. The first kappa shape index (κ1) is 38.4. The van der Waals surface area contributed by atoms with Crippen LogP contribution in [0.15, 0.2) is 49.1 Å². The molecule has 3 rings (SSSR count). The molecule has 0 aromatic heterocycles. The Labute approximate surface area is 245 Å². The van der Waals surface area contributed by atoms with Crippen molar-refractivity contribution in [3.05, 3.63) is 60.5 Å². The third-order valence-corrected chi connectivity index (χ3v) is 6.64. The molecule has 0 radical (unpaired) electrons. The minimum Gasteiger partial charge on any atom is -0.467 e. The van der Waals surface area contributed by atoms with Gasteiger partial charge in [-0.05, 0) is 50.3 Å². The zero-order valence-corrected chi connectivity index (χ0v) is 25.6. The maximum absolute atomic E-state index is 12.4. The molecule has 2 heterocycles. The average molecular weight is 583 g/mol. The lowest BCUT2D eigenvalue weighted by atomic mass is 9.95. The number of β-lactam (4-membered cyclic amide) rings is 1. The molecular weight excluding hydrogens is 531 g/mol. The lowest BCUT2D eigenvalue weighted by Gasteiger charge is -2.37. The molecular formula is C31H51FN2O7. The number of ether oxygens (including phenoxy) is 3. The highest BCUT2D eigenvalue weighted by Crippen LogP contribution is 2.26. The molecule has 0 aliphatic carbocycles. The van der Waals surface area contributed by atoms with Gasteiger partial charge in [0.25, 0.3) is 0 Å². The molecule has 1 amide bonds. The molecule has 2 fully saturated rings. The van der Waals surface area contributed by atoms with E-state index in [1.165, 1.54) is 24.3 Å². The van der Waals surface area contributed by atoms with E-state index in [1.807, 2.05) is 34.6 Å². The number of hydrogen-bond acceptors (Lipinski definition) is 8. The summed E-state index contributed by atoms with van der Waals surface area (Å²) in [7, 11) is 1.30. The van der Waals surface area contributed by atoms with Crippen LogP contribution in [0.4, 0.5) is 4.39 Å². The van der Waals surface area contributed by atoms with Crippen LogP contribution >= 0.6 is 0 Å². The van der Waals surface area contributed by atoms with E-state index < -0.39 is 30.6 Å². The molecule has 10 heteroatoms. The summed E-state index contributed by atoms with van der Waals surface area (Å²) in [4.78, 5) is 22.9. The van der Waals surface area contributed by atoms with Gasteiger partial charge in [-0.2, -0.15) is 0 Å². The molecule has 1 aromatic rings. The number of hydrazine groups is 1. The topological polar surface area (TPSA) is 132 Å². The minimum absolute atomic E-state index is 0.00105. The number of methoxy groups -OCH3 is 1. The first-order chi connectivity index (χ1) is 19.6. The van der Waals surface area contributed by atoms with E-state index in [4.69, 9.17) is 15.3 Å². The maximum Gasteiger partial charge on any atom is 0.335 e. The fourth-order valence-electron chi connectivity index (χ4n) is 4.18. The van der Waals surface area contributed by atoms with E-state index in [-0.39, 0.29) is 30.3 Å². The number of carbonyl (C=O) groups excluding carboxylic acids is 2.